The number of hydrogen-bond acceptors (Lipinski definition) is 7. The molecular weight excluding hydrogens is 352 g/mol. The van der Waals surface area contributed by atoms with Crippen molar-refractivity contribution < 1.29 is 35.1 Å². The quantitative estimate of drug-likeness (QED) is 0.555. The third-order valence-corrected chi connectivity index (χ3v) is 4.59. The number of aromatic hydroxyl groups is 3. The molecule has 0 radical (unpaired) electrons. The van der Waals surface area contributed by atoms with Gasteiger partial charge in [0.2, 0.25) is 5.78 Å². The third-order valence-electron chi connectivity index (χ3n) is 4.59. The Morgan fingerprint density at radius 2 is 1.70 bits per heavy atom. The summed E-state index contributed by atoms with van der Waals surface area (Å²) in [6.45, 7) is 3.23. The molecule has 0 unspecified atom stereocenters. The summed E-state index contributed by atoms with van der Waals surface area (Å²) in [4.78, 5) is 12.7. The molecule has 0 fully saturated rings. The molecule has 2 aromatic carbocycles. The largest absolute Gasteiger partial charge is 0.508 e. The Kier molecular flexibility index (Phi) is 4.75. The first-order valence-electron chi connectivity index (χ1n) is 8.56. The molecular formula is C20H22O7. The van der Waals surface area contributed by atoms with Crippen molar-refractivity contribution in [3.05, 3.63) is 47.0 Å². The minimum Gasteiger partial charge on any atom is -0.508 e. The molecule has 0 aromatic heterocycles. The van der Waals surface area contributed by atoms with Crippen LogP contribution in [0, 0.1) is 0 Å². The van der Waals surface area contributed by atoms with Gasteiger partial charge in [-0.15, -0.1) is 0 Å². The zero-order valence-electron chi connectivity index (χ0n) is 15.0. The minimum absolute atomic E-state index is 0.00914. The van der Waals surface area contributed by atoms with Crippen LogP contribution in [0.3, 0.4) is 0 Å². The summed E-state index contributed by atoms with van der Waals surface area (Å²) in [7, 11) is 0. The summed E-state index contributed by atoms with van der Waals surface area (Å²) >= 11 is 0. The number of benzene rings is 2. The van der Waals surface area contributed by atoms with Crippen LogP contribution in [0.25, 0.3) is 0 Å². The minimum atomic E-state index is -1.56. The van der Waals surface area contributed by atoms with Gasteiger partial charge in [-0.1, -0.05) is 12.1 Å². The van der Waals surface area contributed by atoms with E-state index in [4.69, 9.17) is 4.74 Å². The smallest absolute Gasteiger partial charge is 0.202 e. The number of phenols is 3. The second-order valence-corrected chi connectivity index (χ2v) is 7.35. The van der Waals surface area contributed by atoms with E-state index in [1.165, 1.54) is 24.3 Å². The summed E-state index contributed by atoms with van der Waals surface area (Å²) in [5.41, 5.74) is -0.475. The Labute approximate surface area is 156 Å². The van der Waals surface area contributed by atoms with Gasteiger partial charge in [-0.05, 0) is 44.4 Å². The number of aliphatic hydroxyl groups excluding tert-OH is 1. The van der Waals surface area contributed by atoms with Gasteiger partial charge in [0.1, 0.15) is 28.6 Å². The number of carbonyl (C=O) groups is 1. The molecule has 5 N–H and O–H groups in total. The van der Waals surface area contributed by atoms with Gasteiger partial charge in [-0.3, -0.25) is 4.79 Å². The summed E-state index contributed by atoms with van der Waals surface area (Å²) < 4.78 is 5.84. The number of aliphatic hydroxyl groups is 2. The lowest BCUT2D eigenvalue weighted by Crippen LogP contribution is -2.36. The van der Waals surface area contributed by atoms with Crippen LogP contribution in [0.4, 0.5) is 0 Å². The predicted octanol–water partition coefficient (Wildman–Crippen LogP) is 2.18. The number of ketones is 1. The summed E-state index contributed by atoms with van der Waals surface area (Å²) in [5, 5.41) is 50.2. The first-order valence-corrected chi connectivity index (χ1v) is 8.56. The number of rotatable bonds is 4. The van der Waals surface area contributed by atoms with Crippen molar-refractivity contribution in [2.75, 3.05) is 0 Å². The number of fused-ring (bicyclic) bond motifs is 1. The van der Waals surface area contributed by atoms with Crippen molar-refractivity contribution in [3.8, 4) is 23.0 Å². The average Bonchev–Trinajstić information content (AvgIpc) is 2.57. The van der Waals surface area contributed by atoms with E-state index in [-0.39, 0.29) is 41.2 Å². The van der Waals surface area contributed by atoms with E-state index in [0.717, 1.165) is 6.07 Å². The highest BCUT2D eigenvalue weighted by molar-refractivity contribution is 6.06. The van der Waals surface area contributed by atoms with Crippen molar-refractivity contribution in [2.24, 2.45) is 0 Å². The molecule has 0 amide bonds. The Hall–Kier alpha value is -2.77. The molecule has 7 nitrogen and oxygen atoms in total. The molecule has 7 heteroatoms. The second kappa shape index (κ2) is 6.75. The van der Waals surface area contributed by atoms with E-state index in [9.17, 15) is 30.3 Å². The number of carbonyl (C=O) groups excluding carboxylic acids is 1. The third kappa shape index (κ3) is 3.70. The van der Waals surface area contributed by atoms with Gasteiger partial charge in [0.05, 0.1) is 5.60 Å². The van der Waals surface area contributed by atoms with Crippen molar-refractivity contribution in [1.29, 1.82) is 0 Å². The van der Waals surface area contributed by atoms with E-state index in [1.807, 2.05) is 0 Å². The van der Waals surface area contributed by atoms with E-state index >= 15 is 0 Å². The number of hydrogen-bond donors (Lipinski definition) is 5. The van der Waals surface area contributed by atoms with Crippen LogP contribution >= 0.6 is 0 Å². The van der Waals surface area contributed by atoms with Gasteiger partial charge in [0.15, 0.2) is 12.2 Å². The van der Waals surface area contributed by atoms with E-state index in [1.54, 1.807) is 13.8 Å². The summed E-state index contributed by atoms with van der Waals surface area (Å²) in [5.74, 6) is -1.45. The second-order valence-electron chi connectivity index (χ2n) is 7.35. The van der Waals surface area contributed by atoms with Crippen LogP contribution < -0.4 is 4.74 Å². The van der Waals surface area contributed by atoms with Gasteiger partial charge in [-0.25, -0.2) is 0 Å². The van der Waals surface area contributed by atoms with Gasteiger partial charge < -0.3 is 30.3 Å². The van der Waals surface area contributed by atoms with Crippen LogP contribution in [0.5, 0.6) is 23.0 Å². The Morgan fingerprint density at radius 3 is 2.30 bits per heavy atom. The molecule has 0 saturated heterocycles. The molecule has 0 spiro atoms. The molecule has 27 heavy (non-hydrogen) atoms. The lowest BCUT2D eigenvalue weighted by atomic mass is 9.89. The summed E-state index contributed by atoms with van der Waals surface area (Å²) in [6, 6.07) is 6.87. The Bertz CT molecular complexity index is 865. The van der Waals surface area contributed by atoms with Crippen molar-refractivity contribution in [2.45, 2.75) is 44.5 Å². The summed E-state index contributed by atoms with van der Waals surface area (Å²) in [6.07, 6.45) is -2.14. The van der Waals surface area contributed by atoms with Gasteiger partial charge in [-0.2, -0.15) is 0 Å². The molecule has 1 aliphatic heterocycles. The number of phenolic OH excluding ortho intramolecular Hbond substituents is 3. The average molecular weight is 374 g/mol. The van der Waals surface area contributed by atoms with Crippen LogP contribution in [0.2, 0.25) is 0 Å². The predicted molar refractivity (Wildman–Crippen MR) is 96.2 cm³/mol. The topological polar surface area (TPSA) is 127 Å². The number of Topliss-reactive ketones (excluding diaryl/α,β-unsaturated/α-hetero) is 1. The fourth-order valence-corrected chi connectivity index (χ4v) is 3.10. The first kappa shape index (κ1) is 19.0. The molecule has 2 atom stereocenters. The molecule has 3 rings (SSSR count). The van der Waals surface area contributed by atoms with Crippen LogP contribution in [0.15, 0.2) is 30.3 Å². The molecule has 2 aromatic rings. The van der Waals surface area contributed by atoms with Gasteiger partial charge >= 0.3 is 0 Å². The maximum absolute atomic E-state index is 12.7. The zero-order valence-corrected chi connectivity index (χ0v) is 15.0. The highest BCUT2D eigenvalue weighted by Crippen LogP contribution is 2.46. The molecule has 0 aliphatic carbocycles. The van der Waals surface area contributed by atoms with Crippen LogP contribution in [-0.2, 0) is 6.42 Å². The van der Waals surface area contributed by atoms with E-state index in [0.29, 0.717) is 5.56 Å². The lowest BCUT2D eigenvalue weighted by molar-refractivity contribution is 0.0203. The van der Waals surface area contributed by atoms with Gasteiger partial charge in [0.25, 0.3) is 0 Å². The lowest BCUT2D eigenvalue weighted by Gasteiger charge is -2.32. The standard InChI is InChI=1S/C20H22O7/c1-20(2,26)8-7-12-13(22)9-14(23)15-16(24)17(25)18(27-19(12)15)10-3-5-11(21)6-4-10/h3-6,9,17-18,21-23,25-26H,7-8H2,1-2H3/t17-,18-/m0/s1. The maximum Gasteiger partial charge on any atom is 0.202 e. The van der Waals surface area contributed by atoms with Crippen molar-refractivity contribution in [3.63, 3.8) is 0 Å². The molecule has 1 heterocycles. The highest BCUT2D eigenvalue weighted by atomic mass is 16.5. The van der Waals surface area contributed by atoms with Crippen molar-refractivity contribution >= 4 is 5.78 Å². The first-order chi connectivity index (χ1) is 12.6. The zero-order chi connectivity index (χ0) is 19.9. The van der Waals surface area contributed by atoms with Crippen LogP contribution in [-0.4, -0.2) is 43.0 Å². The normalized spacial score (nSPS) is 19.5. The molecule has 144 valence electrons. The molecule has 0 bridgehead atoms. The highest BCUT2D eigenvalue weighted by Gasteiger charge is 2.40. The fourth-order valence-electron chi connectivity index (χ4n) is 3.10. The van der Waals surface area contributed by atoms with E-state index in [2.05, 4.69) is 0 Å². The fraction of sp³-hybridized carbons (Fsp3) is 0.350. The van der Waals surface area contributed by atoms with E-state index < -0.39 is 29.3 Å². The number of ether oxygens (including phenoxy) is 1. The molecule has 1 aliphatic rings. The van der Waals surface area contributed by atoms with Crippen LogP contribution in [0.1, 0.15) is 47.9 Å². The maximum atomic E-state index is 12.7. The monoisotopic (exact) mass is 374 g/mol. The van der Waals surface area contributed by atoms with Gasteiger partial charge in [0, 0.05) is 11.6 Å². The molecule has 0 saturated carbocycles. The van der Waals surface area contributed by atoms with Crippen molar-refractivity contribution in [1.82, 2.24) is 0 Å². The Morgan fingerprint density at radius 1 is 1.07 bits per heavy atom. The Balaban J connectivity index is 2.07. The SMILES string of the molecule is CC(C)(O)CCc1c(O)cc(O)c2c1O[C@@H](c1ccc(O)cc1)[C@@H](O)C2=O.